The Bertz CT molecular complexity index is 1050. The highest BCUT2D eigenvalue weighted by molar-refractivity contribution is 5.81. The van der Waals surface area contributed by atoms with E-state index >= 15 is 0 Å². The van der Waals surface area contributed by atoms with Crippen molar-refractivity contribution in [2.24, 2.45) is 0 Å². The summed E-state index contributed by atoms with van der Waals surface area (Å²) in [6.07, 6.45) is 3.58. The van der Waals surface area contributed by atoms with Crippen LogP contribution in [0.25, 0.3) is 16.7 Å². The van der Waals surface area contributed by atoms with Crippen LogP contribution in [0.2, 0.25) is 0 Å². The second kappa shape index (κ2) is 7.40. The minimum Gasteiger partial charge on any atom is -0.394 e. The molecule has 13 nitrogen and oxygen atoms in total. The Kier molecular flexibility index (Phi) is 4.79. The highest BCUT2D eigenvalue weighted by Crippen LogP contribution is 2.31. The number of hydrogen-bond donors (Lipinski definition) is 4. The standard InChI is InChI=1S/C10H13N5O4.C5H4N4/c11-8-5-9(13-2-12-8)15(3-14-5)10-7(18)6(17)4(1-16)19-10;1-2-6-4-9-5(1)3-7-8-9/h2-4,6-7,10,16-18H,1H2,(H2,11,12,13);1-4H/t4-,6-,7-,10-;/m1./s1. The number of anilines is 1. The average molecular weight is 387 g/mol. The van der Waals surface area contributed by atoms with Crippen molar-refractivity contribution in [1.82, 2.24) is 39.3 Å². The quantitative estimate of drug-likeness (QED) is 0.303. The van der Waals surface area contributed by atoms with Crippen molar-refractivity contribution in [3.63, 3.8) is 0 Å². The van der Waals surface area contributed by atoms with E-state index in [0.717, 1.165) is 5.52 Å². The van der Waals surface area contributed by atoms with Gasteiger partial charge in [0.15, 0.2) is 17.7 Å². The van der Waals surface area contributed by atoms with Crippen molar-refractivity contribution >= 4 is 22.5 Å². The molecule has 0 aromatic carbocycles. The average Bonchev–Trinajstić information content (AvgIpc) is 3.42. The summed E-state index contributed by atoms with van der Waals surface area (Å²) in [7, 11) is 0. The Balaban J connectivity index is 0.000000177. The SMILES string of the molecule is Nc1ncnc2c1ncn2[C@@H]1O[C@H](CO)[C@@H](O)[C@H]1O.c1cc2cnnn2cn1. The van der Waals surface area contributed by atoms with E-state index in [-0.39, 0.29) is 5.82 Å². The summed E-state index contributed by atoms with van der Waals surface area (Å²) in [5.74, 6) is 0.218. The fraction of sp³-hybridized carbons (Fsp3) is 0.333. The fourth-order valence-corrected chi connectivity index (χ4v) is 2.85. The Labute approximate surface area is 157 Å². The summed E-state index contributed by atoms with van der Waals surface area (Å²) in [5.41, 5.74) is 7.41. The summed E-state index contributed by atoms with van der Waals surface area (Å²) in [4.78, 5) is 15.7. The first-order valence-electron chi connectivity index (χ1n) is 8.25. The van der Waals surface area contributed by atoms with Crippen molar-refractivity contribution < 1.29 is 20.1 Å². The highest BCUT2D eigenvalue weighted by atomic mass is 16.6. The largest absolute Gasteiger partial charge is 0.394 e. The number of fused-ring (bicyclic) bond motifs is 2. The molecule has 1 aliphatic heterocycles. The van der Waals surface area contributed by atoms with Gasteiger partial charge < -0.3 is 25.8 Å². The third-order valence-electron chi connectivity index (χ3n) is 4.29. The van der Waals surface area contributed by atoms with E-state index in [9.17, 15) is 10.2 Å². The number of aliphatic hydroxyl groups is 3. The maximum absolute atomic E-state index is 9.95. The van der Waals surface area contributed by atoms with E-state index in [1.807, 2.05) is 6.07 Å². The first-order valence-corrected chi connectivity index (χ1v) is 8.25. The van der Waals surface area contributed by atoms with Crippen LogP contribution in [0, 0.1) is 0 Å². The van der Waals surface area contributed by atoms with Crippen LogP contribution >= 0.6 is 0 Å². The molecule has 5 N–H and O–H groups in total. The molecule has 4 aromatic rings. The maximum Gasteiger partial charge on any atom is 0.167 e. The second-order valence-corrected chi connectivity index (χ2v) is 6.00. The number of nitrogen functional groups attached to an aromatic ring is 1. The van der Waals surface area contributed by atoms with Crippen LogP contribution in [-0.4, -0.2) is 79.6 Å². The lowest BCUT2D eigenvalue weighted by molar-refractivity contribution is -0.0511. The number of aliphatic hydroxyl groups excluding tert-OH is 3. The molecule has 0 saturated carbocycles. The number of rotatable bonds is 2. The Hall–Kier alpha value is -3.26. The zero-order valence-electron chi connectivity index (χ0n) is 14.4. The van der Waals surface area contributed by atoms with Gasteiger partial charge in [0.1, 0.15) is 36.5 Å². The lowest BCUT2D eigenvalue weighted by atomic mass is 10.1. The number of aromatic nitrogens is 8. The smallest absolute Gasteiger partial charge is 0.167 e. The molecule has 4 atom stereocenters. The zero-order chi connectivity index (χ0) is 19.7. The van der Waals surface area contributed by atoms with E-state index in [0.29, 0.717) is 11.2 Å². The molecule has 0 radical (unpaired) electrons. The van der Waals surface area contributed by atoms with Gasteiger partial charge in [-0.3, -0.25) is 4.57 Å². The maximum atomic E-state index is 9.95. The van der Waals surface area contributed by atoms with Crippen molar-refractivity contribution in [3.05, 3.63) is 37.4 Å². The summed E-state index contributed by atoms with van der Waals surface area (Å²) < 4.78 is 8.47. The topological polar surface area (TPSA) is 183 Å². The Morgan fingerprint density at radius 2 is 2.00 bits per heavy atom. The molecule has 0 spiro atoms. The molecule has 1 saturated heterocycles. The molecule has 146 valence electrons. The van der Waals surface area contributed by atoms with Gasteiger partial charge in [-0.25, -0.2) is 24.5 Å². The molecule has 13 heteroatoms. The third-order valence-corrected chi connectivity index (χ3v) is 4.29. The van der Waals surface area contributed by atoms with Crippen LogP contribution in [0.4, 0.5) is 5.82 Å². The van der Waals surface area contributed by atoms with Gasteiger partial charge in [0.25, 0.3) is 0 Å². The molecule has 0 unspecified atom stereocenters. The summed E-state index contributed by atoms with van der Waals surface area (Å²) >= 11 is 0. The minimum atomic E-state index is -1.19. The molecule has 0 amide bonds. The van der Waals surface area contributed by atoms with Crippen LogP contribution in [0.15, 0.2) is 37.4 Å². The second-order valence-electron chi connectivity index (χ2n) is 6.00. The van der Waals surface area contributed by atoms with Gasteiger partial charge in [-0.05, 0) is 6.07 Å². The van der Waals surface area contributed by atoms with Gasteiger partial charge in [-0.1, -0.05) is 5.21 Å². The number of nitrogens with two attached hydrogens (primary N) is 1. The van der Waals surface area contributed by atoms with Gasteiger partial charge >= 0.3 is 0 Å². The van der Waals surface area contributed by atoms with Gasteiger partial charge in [0.2, 0.25) is 0 Å². The van der Waals surface area contributed by atoms with Crippen LogP contribution in [-0.2, 0) is 4.74 Å². The van der Waals surface area contributed by atoms with E-state index in [4.69, 9.17) is 15.6 Å². The summed E-state index contributed by atoms with van der Waals surface area (Å²) in [6.45, 7) is -0.390. The Morgan fingerprint density at radius 1 is 1.14 bits per heavy atom. The number of hydrogen-bond acceptors (Lipinski definition) is 11. The molecule has 5 heterocycles. The molecule has 5 rings (SSSR count). The van der Waals surface area contributed by atoms with Crippen molar-refractivity contribution in [2.75, 3.05) is 12.3 Å². The van der Waals surface area contributed by atoms with Crippen molar-refractivity contribution in [2.45, 2.75) is 24.5 Å². The van der Waals surface area contributed by atoms with E-state index in [2.05, 4.69) is 30.2 Å². The van der Waals surface area contributed by atoms with Crippen LogP contribution in [0.3, 0.4) is 0 Å². The van der Waals surface area contributed by atoms with Gasteiger partial charge in [-0.2, -0.15) is 0 Å². The fourth-order valence-electron chi connectivity index (χ4n) is 2.85. The van der Waals surface area contributed by atoms with Crippen molar-refractivity contribution in [3.8, 4) is 0 Å². The molecule has 1 fully saturated rings. The number of imidazole rings is 1. The lowest BCUT2D eigenvalue weighted by Crippen LogP contribution is -2.33. The predicted molar refractivity (Wildman–Crippen MR) is 93.5 cm³/mol. The van der Waals surface area contributed by atoms with Crippen LogP contribution in [0.5, 0.6) is 0 Å². The van der Waals surface area contributed by atoms with Crippen LogP contribution in [0.1, 0.15) is 6.23 Å². The Morgan fingerprint density at radius 3 is 2.75 bits per heavy atom. The molecular weight excluding hydrogens is 370 g/mol. The van der Waals surface area contributed by atoms with E-state index < -0.39 is 31.1 Å². The summed E-state index contributed by atoms with van der Waals surface area (Å²) in [5, 5.41) is 36.1. The van der Waals surface area contributed by atoms with Gasteiger partial charge in [0.05, 0.1) is 24.6 Å². The number of ether oxygens (including phenoxy) is 1. The monoisotopic (exact) mass is 387 g/mol. The highest BCUT2D eigenvalue weighted by Gasteiger charge is 2.43. The molecule has 0 bridgehead atoms. The first kappa shape index (κ1) is 18.1. The van der Waals surface area contributed by atoms with E-state index in [1.165, 1.54) is 17.2 Å². The molecular formula is C15H17N9O4. The van der Waals surface area contributed by atoms with E-state index in [1.54, 1.807) is 23.2 Å². The zero-order valence-corrected chi connectivity index (χ0v) is 14.4. The minimum absolute atomic E-state index is 0.218. The third kappa shape index (κ3) is 3.11. The molecule has 0 aliphatic carbocycles. The van der Waals surface area contributed by atoms with Crippen molar-refractivity contribution in [1.29, 1.82) is 0 Å². The number of nitrogens with zero attached hydrogens (tertiary/aromatic N) is 8. The normalized spacial score (nSPS) is 24.4. The van der Waals surface area contributed by atoms with Gasteiger partial charge in [-0.15, -0.1) is 5.10 Å². The first-order chi connectivity index (χ1) is 13.6. The molecule has 4 aromatic heterocycles. The lowest BCUT2D eigenvalue weighted by Gasteiger charge is -2.16. The van der Waals surface area contributed by atoms with Crippen LogP contribution < -0.4 is 5.73 Å². The molecule has 1 aliphatic rings. The summed E-state index contributed by atoms with van der Waals surface area (Å²) in [6, 6.07) is 1.85. The molecule has 28 heavy (non-hydrogen) atoms. The van der Waals surface area contributed by atoms with Gasteiger partial charge in [0, 0.05) is 6.20 Å². The predicted octanol–water partition coefficient (Wildman–Crippen LogP) is -1.86.